The Bertz CT molecular complexity index is 413. The van der Waals surface area contributed by atoms with Crippen LogP contribution in [0.2, 0.25) is 0 Å². The van der Waals surface area contributed by atoms with Crippen LogP contribution in [0.25, 0.3) is 0 Å². The summed E-state index contributed by atoms with van der Waals surface area (Å²) in [7, 11) is 0. The quantitative estimate of drug-likeness (QED) is 0.852. The van der Waals surface area contributed by atoms with Crippen molar-refractivity contribution in [2.75, 3.05) is 18.0 Å². The molecule has 0 unspecified atom stereocenters. The molecular weight excluding hydrogens is 230 g/mol. The summed E-state index contributed by atoms with van der Waals surface area (Å²) in [6.07, 6.45) is 2.84. The number of aromatic nitrogens is 1. The maximum atomic E-state index is 5.58. The number of benzene rings is 1. The van der Waals surface area contributed by atoms with Crippen molar-refractivity contribution in [1.29, 1.82) is 0 Å². The first-order valence-corrected chi connectivity index (χ1v) is 6.66. The third kappa shape index (κ3) is 3.54. The van der Waals surface area contributed by atoms with Gasteiger partial charge >= 0.3 is 0 Å². The van der Waals surface area contributed by atoms with E-state index in [-0.39, 0.29) is 0 Å². The van der Waals surface area contributed by atoms with Gasteiger partial charge < -0.3 is 10.6 Å². The van der Waals surface area contributed by atoms with Gasteiger partial charge in [-0.2, -0.15) is 0 Å². The summed E-state index contributed by atoms with van der Waals surface area (Å²) in [5.41, 5.74) is 6.89. The normalized spacial score (nSPS) is 10.4. The fourth-order valence-electron chi connectivity index (χ4n) is 1.70. The summed E-state index contributed by atoms with van der Waals surface area (Å²) in [6, 6.07) is 10.5. The molecule has 0 amide bonds. The van der Waals surface area contributed by atoms with Crippen molar-refractivity contribution in [2.45, 2.75) is 13.0 Å². The SMILES string of the molecule is NCCCN(Cc1ccccc1)c1nccs1. The lowest BCUT2D eigenvalue weighted by Gasteiger charge is -2.21. The summed E-state index contributed by atoms with van der Waals surface area (Å²) in [6.45, 7) is 2.57. The van der Waals surface area contributed by atoms with Gasteiger partial charge in [-0.25, -0.2) is 4.98 Å². The van der Waals surface area contributed by atoms with Gasteiger partial charge in [0.15, 0.2) is 5.13 Å². The lowest BCUT2D eigenvalue weighted by atomic mass is 10.2. The minimum Gasteiger partial charge on any atom is -0.344 e. The number of nitrogens with two attached hydrogens (primary N) is 1. The van der Waals surface area contributed by atoms with Gasteiger partial charge in [-0.05, 0) is 18.5 Å². The van der Waals surface area contributed by atoms with E-state index in [9.17, 15) is 0 Å². The molecule has 3 nitrogen and oxygen atoms in total. The van der Waals surface area contributed by atoms with E-state index in [1.807, 2.05) is 17.6 Å². The highest BCUT2D eigenvalue weighted by atomic mass is 32.1. The first kappa shape index (κ1) is 12.1. The molecule has 17 heavy (non-hydrogen) atoms. The lowest BCUT2D eigenvalue weighted by Crippen LogP contribution is -2.25. The maximum Gasteiger partial charge on any atom is 0.185 e. The molecule has 0 aliphatic heterocycles. The second kappa shape index (κ2) is 6.37. The number of hydrogen-bond donors (Lipinski definition) is 1. The van der Waals surface area contributed by atoms with Gasteiger partial charge in [0.05, 0.1) is 0 Å². The molecule has 0 saturated carbocycles. The molecular formula is C13H17N3S. The number of anilines is 1. The van der Waals surface area contributed by atoms with E-state index in [0.29, 0.717) is 0 Å². The minimum absolute atomic E-state index is 0.719. The number of hydrogen-bond acceptors (Lipinski definition) is 4. The van der Waals surface area contributed by atoms with E-state index in [4.69, 9.17) is 5.73 Å². The number of thiazole rings is 1. The molecule has 0 aliphatic rings. The van der Waals surface area contributed by atoms with Gasteiger partial charge in [-0.15, -0.1) is 11.3 Å². The van der Waals surface area contributed by atoms with Gasteiger partial charge in [0.1, 0.15) is 0 Å². The van der Waals surface area contributed by atoms with Crippen LogP contribution in [-0.2, 0) is 6.54 Å². The molecule has 0 saturated heterocycles. The van der Waals surface area contributed by atoms with Crippen molar-refractivity contribution in [3.8, 4) is 0 Å². The van der Waals surface area contributed by atoms with Crippen LogP contribution in [0.4, 0.5) is 5.13 Å². The van der Waals surface area contributed by atoms with Crippen LogP contribution in [-0.4, -0.2) is 18.1 Å². The van der Waals surface area contributed by atoms with Crippen molar-refractivity contribution in [3.05, 3.63) is 47.5 Å². The highest BCUT2D eigenvalue weighted by Crippen LogP contribution is 2.19. The van der Waals surface area contributed by atoms with Crippen LogP contribution >= 0.6 is 11.3 Å². The second-order valence-electron chi connectivity index (χ2n) is 3.86. The lowest BCUT2D eigenvalue weighted by molar-refractivity contribution is 0.733. The topological polar surface area (TPSA) is 42.1 Å². The van der Waals surface area contributed by atoms with Crippen molar-refractivity contribution >= 4 is 16.5 Å². The largest absolute Gasteiger partial charge is 0.344 e. The van der Waals surface area contributed by atoms with E-state index < -0.39 is 0 Å². The smallest absolute Gasteiger partial charge is 0.185 e. The standard InChI is InChI=1S/C13H17N3S/c14-7-4-9-16(13-15-8-10-17-13)11-12-5-2-1-3-6-12/h1-3,5-6,8,10H,4,7,9,11,14H2. The van der Waals surface area contributed by atoms with Crippen molar-refractivity contribution < 1.29 is 0 Å². The summed E-state index contributed by atoms with van der Waals surface area (Å²) in [5, 5.41) is 3.08. The van der Waals surface area contributed by atoms with E-state index >= 15 is 0 Å². The zero-order valence-corrected chi connectivity index (χ0v) is 10.6. The molecule has 1 heterocycles. The van der Waals surface area contributed by atoms with Crippen molar-refractivity contribution in [3.63, 3.8) is 0 Å². The predicted molar refractivity (Wildman–Crippen MR) is 73.3 cm³/mol. The van der Waals surface area contributed by atoms with Crippen LogP contribution < -0.4 is 10.6 Å². The van der Waals surface area contributed by atoms with E-state index in [2.05, 4.69) is 34.1 Å². The van der Waals surface area contributed by atoms with Crippen molar-refractivity contribution in [2.24, 2.45) is 5.73 Å². The van der Waals surface area contributed by atoms with Crippen LogP contribution in [0.5, 0.6) is 0 Å². The van der Waals surface area contributed by atoms with Crippen molar-refractivity contribution in [1.82, 2.24) is 4.98 Å². The highest BCUT2D eigenvalue weighted by molar-refractivity contribution is 7.13. The molecule has 1 aromatic carbocycles. The monoisotopic (exact) mass is 247 g/mol. The van der Waals surface area contributed by atoms with Gasteiger partial charge in [0.2, 0.25) is 0 Å². The fourth-order valence-corrected chi connectivity index (χ4v) is 2.37. The molecule has 90 valence electrons. The highest BCUT2D eigenvalue weighted by Gasteiger charge is 2.08. The van der Waals surface area contributed by atoms with Crippen LogP contribution in [0.15, 0.2) is 41.9 Å². The summed E-state index contributed by atoms with van der Waals surface area (Å²) in [4.78, 5) is 6.65. The average molecular weight is 247 g/mol. The third-order valence-electron chi connectivity index (χ3n) is 2.54. The van der Waals surface area contributed by atoms with Gasteiger partial charge in [-0.3, -0.25) is 0 Å². The van der Waals surface area contributed by atoms with Gasteiger partial charge in [0.25, 0.3) is 0 Å². The zero-order chi connectivity index (χ0) is 11.9. The molecule has 2 rings (SSSR count). The zero-order valence-electron chi connectivity index (χ0n) is 9.75. The van der Waals surface area contributed by atoms with E-state index in [0.717, 1.165) is 31.2 Å². The third-order valence-corrected chi connectivity index (χ3v) is 3.37. The summed E-state index contributed by atoms with van der Waals surface area (Å²) in [5.74, 6) is 0. The average Bonchev–Trinajstić information content (AvgIpc) is 2.89. The summed E-state index contributed by atoms with van der Waals surface area (Å²) < 4.78 is 0. The molecule has 0 spiro atoms. The van der Waals surface area contributed by atoms with Crippen LogP contribution in [0, 0.1) is 0 Å². The minimum atomic E-state index is 0.719. The predicted octanol–water partition coefficient (Wildman–Crippen LogP) is 2.50. The molecule has 4 heteroatoms. The molecule has 0 atom stereocenters. The Balaban J connectivity index is 2.06. The molecule has 0 aliphatic carbocycles. The Morgan fingerprint density at radius 2 is 2.06 bits per heavy atom. The van der Waals surface area contributed by atoms with Gasteiger partial charge in [-0.1, -0.05) is 30.3 Å². The van der Waals surface area contributed by atoms with Gasteiger partial charge in [0, 0.05) is 24.7 Å². The molecule has 0 fully saturated rings. The van der Waals surface area contributed by atoms with Crippen LogP contribution in [0.1, 0.15) is 12.0 Å². The second-order valence-corrected chi connectivity index (χ2v) is 4.74. The Kier molecular flexibility index (Phi) is 4.53. The van der Waals surface area contributed by atoms with E-state index in [1.54, 1.807) is 11.3 Å². The molecule has 2 aromatic rings. The Labute approximate surface area is 106 Å². The Morgan fingerprint density at radius 1 is 1.24 bits per heavy atom. The fraction of sp³-hybridized carbons (Fsp3) is 0.308. The number of rotatable bonds is 6. The van der Waals surface area contributed by atoms with E-state index in [1.165, 1.54) is 5.56 Å². The number of nitrogens with zero attached hydrogens (tertiary/aromatic N) is 2. The molecule has 0 radical (unpaired) electrons. The van der Waals surface area contributed by atoms with Crippen LogP contribution in [0.3, 0.4) is 0 Å². The summed E-state index contributed by atoms with van der Waals surface area (Å²) >= 11 is 1.67. The maximum absolute atomic E-state index is 5.58. The first-order chi connectivity index (χ1) is 8.40. The first-order valence-electron chi connectivity index (χ1n) is 5.78. The molecule has 2 N–H and O–H groups in total. The molecule has 0 bridgehead atoms. The Hall–Kier alpha value is -1.39. The molecule has 1 aromatic heterocycles. The Morgan fingerprint density at radius 3 is 2.71 bits per heavy atom.